The second kappa shape index (κ2) is 4.97. The van der Waals surface area contributed by atoms with E-state index in [2.05, 4.69) is 50.8 Å². The van der Waals surface area contributed by atoms with Crippen LogP contribution >= 0.6 is 15.9 Å². The zero-order valence-corrected chi connectivity index (χ0v) is 12.9. The monoisotopic (exact) mass is 342 g/mol. The number of benzene rings is 2. The molecule has 3 atom stereocenters. The van der Waals surface area contributed by atoms with Crippen LogP contribution in [-0.4, -0.2) is 11.9 Å². The van der Waals surface area contributed by atoms with E-state index in [-0.39, 0.29) is 11.9 Å². The average molecular weight is 343 g/mol. The molecular formula is C17H15BrN2O. The number of halogens is 1. The number of hydrogen-bond acceptors (Lipinski definition) is 2. The number of amides is 1. The molecule has 2 aromatic carbocycles. The van der Waals surface area contributed by atoms with Gasteiger partial charge in [0.1, 0.15) is 6.04 Å². The fourth-order valence-corrected chi connectivity index (χ4v) is 3.56. The van der Waals surface area contributed by atoms with Gasteiger partial charge in [0.2, 0.25) is 5.91 Å². The lowest BCUT2D eigenvalue weighted by Gasteiger charge is -2.11. The summed E-state index contributed by atoms with van der Waals surface area (Å²) < 4.78 is 0.938. The molecule has 0 bridgehead atoms. The zero-order valence-electron chi connectivity index (χ0n) is 11.3. The first-order valence-electron chi connectivity index (χ1n) is 7.14. The van der Waals surface area contributed by atoms with Gasteiger partial charge in [-0.05, 0) is 34.0 Å². The summed E-state index contributed by atoms with van der Waals surface area (Å²) >= 11 is 3.49. The number of rotatable bonds is 3. The summed E-state index contributed by atoms with van der Waals surface area (Å²) in [6.45, 7) is 0. The third-order valence-electron chi connectivity index (χ3n) is 4.27. The maximum atomic E-state index is 12.2. The molecule has 1 amide bonds. The van der Waals surface area contributed by atoms with E-state index in [1.165, 1.54) is 5.56 Å². The minimum atomic E-state index is -0.240. The van der Waals surface area contributed by atoms with Crippen molar-refractivity contribution < 1.29 is 4.79 Å². The molecular weight excluding hydrogens is 328 g/mol. The highest BCUT2D eigenvalue weighted by Gasteiger charge is 2.43. The first kappa shape index (κ1) is 13.0. The van der Waals surface area contributed by atoms with Crippen LogP contribution in [0, 0.1) is 0 Å². The summed E-state index contributed by atoms with van der Waals surface area (Å²) in [5.41, 5.74) is 3.29. The van der Waals surface area contributed by atoms with Crippen molar-refractivity contribution in [1.82, 2.24) is 5.32 Å². The van der Waals surface area contributed by atoms with E-state index in [0.717, 1.165) is 22.1 Å². The molecule has 0 radical (unpaired) electrons. The summed E-state index contributed by atoms with van der Waals surface area (Å²) in [5.74, 6) is 0.561. The molecule has 2 aromatic rings. The molecule has 0 saturated heterocycles. The molecule has 1 aliphatic carbocycles. The summed E-state index contributed by atoms with van der Waals surface area (Å²) in [6, 6.07) is 16.6. The van der Waals surface area contributed by atoms with Crippen molar-refractivity contribution in [3.05, 3.63) is 64.1 Å². The largest absolute Gasteiger partial charge is 0.323 e. The molecule has 0 spiro atoms. The molecule has 1 saturated carbocycles. The van der Waals surface area contributed by atoms with E-state index >= 15 is 0 Å². The molecule has 2 N–H and O–H groups in total. The number of carbonyl (C=O) groups excluding carboxylic acids is 1. The van der Waals surface area contributed by atoms with E-state index in [1.54, 1.807) is 0 Å². The number of carbonyl (C=O) groups is 1. The molecule has 3 unspecified atom stereocenters. The second-order valence-electron chi connectivity index (χ2n) is 5.65. The van der Waals surface area contributed by atoms with Gasteiger partial charge in [-0.3, -0.25) is 10.1 Å². The third kappa shape index (κ3) is 2.28. The molecule has 4 rings (SSSR count). The Balaban J connectivity index is 1.53. The van der Waals surface area contributed by atoms with Crippen LogP contribution in [0.15, 0.2) is 53.0 Å². The number of para-hydroxylation sites is 1. The average Bonchev–Trinajstić information content (AvgIpc) is 3.20. The van der Waals surface area contributed by atoms with Crippen molar-refractivity contribution in [2.75, 3.05) is 5.32 Å². The van der Waals surface area contributed by atoms with Crippen LogP contribution in [0.3, 0.4) is 0 Å². The van der Waals surface area contributed by atoms with E-state index in [4.69, 9.17) is 0 Å². The maximum absolute atomic E-state index is 12.2. The smallest absolute Gasteiger partial charge is 0.246 e. The molecule has 1 fully saturated rings. The molecule has 2 aliphatic rings. The highest BCUT2D eigenvalue weighted by molar-refractivity contribution is 9.10. The van der Waals surface area contributed by atoms with Crippen LogP contribution in [0.25, 0.3) is 0 Å². The number of fused-ring (bicyclic) bond motifs is 1. The fourth-order valence-electron chi connectivity index (χ4n) is 3.08. The lowest BCUT2D eigenvalue weighted by molar-refractivity contribution is -0.117. The van der Waals surface area contributed by atoms with Gasteiger partial charge in [-0.2, -0.15) is 0 Å². The Morgan fingerprint density at radius 1 is 1.10 bits per heavy atom. The molecule has 106 valence electrons. The summed E-state index contributed by atoms with van der Waals surface area (Å²) in [7, 11) is 0. The first-order valence-corrected chi connectivity index (χ1v) is 7.93. The van der Waals surface area contributed by atoms with Gasteiger partial charge in [0.15, 0.2) is 0 Å². The number of nitrogens with one attached hydrogen (secondary N) is 2. The molecule has 21 heavy (non-hydrogen) atoms. The van der Waals surface area contributed by atoms with Crippen LogP contribution in [0.1, 0.15) is 29.5 Å². The van der Waals surface area contributed by atoms with Crippen LogP contribution in [0.2, 0.25) is 0 Å². The number of hydrogen-bond donors (Lipinski definition) is 2. The van der Waals surface area contributed by atoms with Crippen molar-refractivity contribution in [2.45, 2.75) is 24.4 Å². The van der Waals surface area contributed by atoms with Gasteiger partial charge in [-0.15, -0.1) is 0 Å². The Labute approximate surface area is 131 Å². The highest BCUT2D eigenvalue weighted by Crippen LogP contribution is 2.44. The van der Waals surface area contributed by atoms with Crippen LogP contribution in [0.4, 0.5) is 5.69 Å². The molecule has 4 heteroatoms. The van der Waals surface area contributed by atoms with Gasteiger partial charge in [-0.1, -0.05) is 42.5 Å². The van der Waals surface area contributed by atoms with E-state index in [9.17, 15) is 4.79 Å². The van der Waals surface area contributed by atoms with Crippen LogP contribution < -0.4 is 10.6 Å². The predicted octanol–water partition coefficient (Wildman–Crippen LogP) is 3.59. The van der Waals surface area contributed by atoms with E-state index in [0.29, 0.717) is 12.0 Å². The summed E-state index contributed by atoms with van der Waals surface area (Å²) in [5, 5.41) is 6.46. The normalized spacial score (nSPS) is 26.3. The highest BCUT2D eigenvalue weighted by atomic mass is 79.9. The first-order chi connectivity index (χ1) is 10.2. The third-order valence-corrected chi connectivity index (χ3v) is 4.93. The van der Waals surface area contributed by atoms with Gasteiger partial charge < -0.3 is 5.32 Å². The van der Waals surface area contributed by atoms with Gasteiger partial charge in [0.05, 0.1) is 5.69 Å². The summed E-state index contributed by atoms with van der Waals surface area (Å²) in [6.07, 6.45) is 1.09. The number of anilines is 1. The van der Waals surface area contributed by atoms with Gasteiger partial charge >= 0.3 is 0 Å². The van der Waals surface area contributed by atoms with Crippen LogP contribution in [0.5, 0.6) is 0 Å². The van der Waals surface area contributed by atoms with Crippen molar-refractivity contribution in [3.8, 4) is 0 Å². The van der Waals surface area contributed by atoms with Gasteiger partial charge in [0.25, 0.3) is 0 Å². The molecule has 1 aliphatic heterocycles. The van der Waals surface area contributed by atoms with E-state index in [1.807, 2.05) is 24.3 Å². The quantitative estimate of drug-likeness (QED) is 0.894. The minimum Gasteiger partial charge on any atom is -0.323 e. The predicted molar refractivity (Wildman–Crippen MR) is 86.2 cm³/mol. The Hall–Kier alpha value is -1.65. The standard InChI is InChI=1S/C17H15BrN2O/c18-13-8-4-7-11-15(13)20-17(21)16(11)19-14-9-12(14)10-5-2-1-3-6-10/h1-8,12,14,16,19H,9H2,(H,20,21). The van der Waals surface area contributed by atoms with Gasteiger partial charge in [-0.25, -0.2) is 0 Å². The Morgan fingerprint density at radius 2 is 1.90 bits per heavy atom. The van der Waals surface area contributed by atoms with Crippen molar-refractivity contribution in [1.29, 1.82) is 0 Å². The molecule has 1 heterocycles. The van der Waals surface area contributed by atoms with Crippen LogP contribution in [-0.2, 0) is 4.79 Å². The van der Waals surface area contributed by atoms with Gasteiger partial charge in [0, 0.05) is 22.0 Å². The molecule has 3 nitrogen and oxygen atoms in total. The Morgan fingerprint density at radius 3 is 2.71 bits per heavy atom. The van der Waals surface area contributed by atoms with E-state index < -0.39 is 0 Å². The Kier molecular flexibility index (Phi) is 3.08. The van der Waals surface area contributed by atoms with Crippen molar-refractivity contribution in [2.24, 2.45) is 0 Å². The topological polar surface area (TPSA) is 41.1 Å². The Bertz CT molecular complexity index is 701. The summed E-state index contributed by atoms with van der Waals surface area (Å²) in [4.78, 5) is 12.2. The van der Waals surface area contributed by atoms with Crippen molar-refractivity contribution in [3.63, 3.8) is 0 Å². The lowest BCUT2D eigenvalue weighted by atomic mass is 10.1. The van der Waals surface area contributed by atoms with Crippen molar-refractivity contribution >= 4 is 27.5 Å². The zero-order chi connectivity index (χ0) is 14.4. The maximum Gasteiger partial charge on any atom is 0.246 e. The fraction of sp³-hybridized carbons (Fsp3) is 0.235. The second-order valence-corrected chi connectivity index (χ2v) is 6.51. The SMILES string of the molecule is O=C1Nc2c(Br)cccc2C1NC1CC1c1ccccc1. The minimum absolute atomic E-state index is 0.0376. The molecule has 0 aromatic heterocycles. The lowest BCUT2D eigenvalue weighted by Crippen LogP contribution is -2.29.